The summed E-state index contributed by atoms with van der Waals surface area (Å²) >= 11 is 0. The highest BCUT2D eigenvalue weighted by Gasteiger charge is 2.10. The van der Waals surface area contributed by atoms with E-state index in [0.29, 0.717) is 13.0 Å². The molecule has 86 valence electrons. The van der Waals surface area contributed by atoms with Crippen LogP contribution >= 0.6 is 0 Å². The molecule has 0 aliphatic heterocycles. The summed E-state index contributed by atoms with van der Waals surface area (Å²) in [6.07, 6.45) is 0.646. The van der Waals surface area contributed by atoms with Gasteiger partial charge in [0.15, 0.2) is 0 Å². The highest BCUT2D eigenvalue weighted by Crippen LogP contribution is 2.30. The number of nitrogens with two attached hydrogens (primary N) is 1. The van der Waals surface area contributed by atoms with E-state index in [1.807, 2.05) is 18.2 Å². The first-order valence-corrected chi connectivity index (χ1v) is 5.04. The molecule has 0 heterocycles. The van der Waals surface area contributed by atoms with Gasteiger partial charge >= 0.3 is 0 Å². The Balaban J connectivity index is 3.13. The second-order valence-electron chi connectivity index (χ2n) is 3.30. The predicted molar refractivity (Wildman–Crippen MR) is 65.0 cm³/mol. The molecular weight excluding hydrogens is 202 g/mol. The number of ether oxygens (including phenoxy) is 2. The van der Waals surface area contributed by atoms with Crippen molar-refractivity contribution in [2.45, 2.75) is 6.42 Å². The SMILES string of the molecule is C=C=C(CN)Cc1c(OC)cccc1OC. The van der Waals surface area contributed by atoms with Crippen LogP contribution in [0.1, 0.15) is 5.56 Å². The van der Waals surface area contributed by atoms with Gasteiger partial charge in [-0.2, -0.15) is 0 Å². The Morgan fingerprint density at radius 3 is 2.25 bits per heavy atom. The second kappa shape index (κ2) is 6.01. The minimum atomic E-state index is 0.435. The molecule has 0 saturated heterocycles. The largest absolute Gasteiger partial charge is 0.496 e. The molecule has 0 aliphatic carbocycles. The number of rotatable bonds is 5. The van der Waals surface area contributed by atoms with Crippen molar-refractivity contribution in [3.63, 3.8) is 0 Å². The van der Waals surface area contributed by atoms with Crippen molar-refractivity contribution in [3.8, 4) is 11.5 Å². The average Bonchev–Trinajstić information content (AvgIpc) is 2.35. The monoisotopic (exact) mass is 219 g/mol. The maximum Gasteiger partial charge on any atom is 0.126 e. The fourth-order valence-corrected chi connectivity index (χ4v) is 1.52. The van der Waals surface area contributed by atoms with Crippen molar-refractivity contribution in [2.24, 2.45) is 5.73 Å². The summed E-state index contributed by atoms with van der Waals surface area (Å²) in [6.45, 7) is 4.05. The molecular formula is C13H17NO2. The van der Waals surface area contributed by atoms with E-state index in [2.05, 4.69) is 12.3 Å². The molecule has 0 radical (unpaired) electrons. The van der Waals surface area contributed by atoms with Crippen molar-refractivity contribution >= 4 is 0 Å². The molecule has 0 spiro atoms. The minimum absolute atomic E-state index is 0.435. The Morgan fingerprint density at radius 2 is 1.88 bits per heavy atom. The number of methoxy groups -OCH3 is 2. The molecule has 2 N–H and O–H groups in total. The van der Waals surface area contributed by atoms with E-state index >= 15 is 0 Å². The van der Waals surface area contributed by atoms with Gasteiger partial charge in [0.1, 0.15) is 11.5 Å². The summed E-state index contributed by atoms with van der Waals surface area (Å²) in [6, 6.07) is 5.69. The first-order chi connectivity index (χ1) is 7.76. The van der Waals surface area contributed by atoms with Gasteiger partial charge in [-0.05, 0) is 17.7 Å². The van der Waals surface area contributed by atoms with E-state index in [1.54, 1.807) is 14.2 Å². The minimum Gasteiger partial charge on any atom is -0.496 e. The van der Waals surface area contributed by atoms with Crippen LogP contribution in [0.25, 0.3) is 0 Å². The third-order valence-corrected chi connectivity index (χ3v) is 2.42. The van der Waals surface area contributed by atoms with E-state index in [9.17, 15) is 0 Å². The van der Waals surface area contributed by atoms with Crippen LogP contribution in [0.4, 0.5) is 0 Å². The van der Waals surface area contributed by atoms with E-state index in [4.69, 9.17) is 15.2 Å². The zero-order chi connectivity index (χ0) is 12.0. The topological polar surface area (TPSA) is 44.5 Å². The Hall–Kier alpha value is -1.70. The summed E-state index contributed by atoms with van der Waals surface area (Å²) in [4.78, 5) is 0. The number of hydrogen-bond donors (Lipinski definition) is 1. The maximum atomic E-state index is 5.59. The molecule has 0 unspecified atom stereocenters. The van der Waals surface area contributed by atoms with Crippen molar-refractivity contribution in [2.75, 3.05) is 20.8 Å². The number of hydrogen-bond acceptors (Lipinski definition) is 3. The smallest absolute Gasteiger partial charge is 0.126 e. The first kappa shape index (κ1) is 12.4. The molecule has 0 fully saturated rings. The Labute approximate surface area is 96.2 Å². The van der Waals surface area contributed by atoms with Gasteiger partial charge in [-0.1, -0.05) is 12.6 Å². The third-order valence-electron chi connectivity index (χ3n) is 2.42. The van der Waals surface area contributed by atoms with E-state index < -0.39 is 0 Å². The van der Waals surface area contributed by atoms with Crippen LogP contribution in [0.5, 0.6) is 11.5 Å². The summed E-state index contributed by atoms with van der Waals surface area (Å²) < 4.78 is 10.6. The van der Waals surface area contributed by atoms with Crippen molar-refractivity contribution in [1.29, 1.82) is 0 Å². The predicted octanol–water partition coefficient (Wildman–Crippen LogP) is 1.92. The van der Waals surface area contributed by atoms with Crippen LogP contribution in [0, 0.1) is 0 Å². The lowest BCUT2D eigenvalue weighted by Crippen LogP contribution is -2.06. The van der Waals surface area contributed by atoms with E-state index in [-0.39, 0.29) is 0 Å². The zero-order valence-electron chi connectivity index (χ0n) is 9.75. The molecule has 0 bridgehead atoms. The molecule has 0 amide bonds. The first-order valence-electron chi connectivity index (χ1n) is 5.04. The molecule has 1 rings (SSSR count). The third kappa shape index (κ3) is 2.66. The van der Waals surface area contributed by atoms with Crippen LogP contribution in [0.2, 0.25) is 0 Å². The summed E-state index contributed by atoms with van der Waals surface area (Å²) in [5.41, 5.74) is 10.3. The van der Waals surface area contributed by atoms with Crippen LogP contribution in [0.15, 0.2) is 36.1 Å². The quantitative estimate of drug-likeness (QED) is 0.769. The van der Waals surface area contributed by atoms with Crippen LogP contribution in [0.3, 0.4) is 0 Å². The van der Waals surface area contributed by atoms with E-state index in [0.717, 1.165) is 22.6 Å². The molecule has 0 aromatic heterocycles. The fourth-order valence-electron chi connectivity index (χ4n) is 1.52. The molecule has 0 saturated carbocycles. The summed E-state index contributed by atoms with van der Waals surface area (Å²) in [5, 5.41) is 0. The van der Waals surface area contributed by atoms with Crippen molar-refractivity contribution < 1.29 is 9.47 Å². The highest BCUT2D eigenvalue weighted by atomic mass is 16.5. The zero-order valence-corrected chi connectivity index (χ0v) is 9.75. The van der Waals surface area contributed by atoms with Crippen molar-refractivity contribution in [3.05, 3.63) is 41.6 Å². The van der Waals surface area contributed by atoms with Crippen LogP contribution < -0.4 is 15.2 Å². The van der Waals surface area contributed by atoms with Crippen molar-refractivity contribution in [1.82, 2.24) is 0 Å². The fraction of sp³-hybridized carbons (Fsp3) is 0.308. The molecule has 3 nitrogen and oxygen atoms in total. The summed E-state index contributed by atoms with van der Waals surface area (Å²) in [5.74, 6) is 1.58. The molecule has 3 heteroatoms. The normalized spacial score (nSPS) is 9.44. The van der Waals surface area contributed by atoms with Gasteiger partial charge in [0, 0.05) is 18.5 Å². The second-order valence-corrected chi connectivity index (χ2v) is 3.30. The van der Waals surface area contributed by atoms with Gasteiger partial charge in [-0.3, -0.25) is 0 Å². The average molecular weight is 219 g/mol. The molecule has 1 aromatic rings. The van der Waals surface area contributed by atoms with Gasteiger partial charge in [0.05, 0.1) is 14.2 Å². The molecule has 0 aliphatic rings. The Bertz CT molecular complexity index is 384. The number of benzene rings is 1. The van der Waals surface area contributed by atoms with Crippen LogP contribution in [-0.2, 0) is 6.42 Å². The van der Waals surface area contributed by atoms with Crippen LogP contribution in [-0.4, -0.2) is 20.8 Å². The lowest BCUT2D eigenvalue weighted by molar-refractivity contribution is 0.386. The molecule has 16 heavy (non-hydrogen) atoms. The lowest BCUT2D eigenvalue weighted by atomic mass is 10.0. The Morgan fingerprint density at radius 1 is 1.31 bits per heavy atom. The molecule has 0 atom stereocenters. The highest BCUT2D eigenvalue weighted by molar-refractivity contribution is 5.46. The maximum absolute atomic E-state index is 5.59. The lowest BCUT2D eigenvalue weighted by Gasteiger charge is -2.13. The van der Waals surface area contributed by atoms with Gasteiger partial charge < -0.3 is 15.2 Å². The van der Waals surface area contributed by atoms with Gasteiger partial charge in [0.25, 0.3) is 0 Å². The molecule has 1 aromatic carbocycles. The van der Waals surface area contributed by atoms with Gasteiger partial charge in [-0.25, -0.2) is 0 Å². The summed E-state index contributed by atoms with van der Waals surface area (Å²) in [7, 11) is 3.27. The Kier molecular flexibility index (Phi) is 4.65. The van der Waals surface area contributed by atoms with Gasteiger partial charge in [0.2, 0.25) is 0 Å². The van der Waals surface area contributed by atoms with E-state index in [1.165, 1.54) is 0 Å². The van der Waals surface area contributed by atoms with Gasteiger partial charge in [-0.15, -0.1) is 5.73 Å². The standard InChI is InChI=1S/C13H17NO2/c1-4-10(9-14)8-11-12(15-2)6-5-7-13(11)16-3/h5-7H,1,8-9,14H2,2-3H3.